The van der Waals surface area contributed by atoms with Crippen molar-refractivity contribution < 1.29 is 4.79 Å². The van der Waals surface area contributed by atoms with Crippen molar-refractivity contribution >= 4 is 11.6 Å². The number of aromatic nitrogens is 1. The van der Waals surface area contributed by atoms with Crippen LogP contribution in [0.3, 0.4) is 0 Å². The van der Waals surface area contributed by atoms with Crippen LogP contribution in [0.25, 0.3) is 11.3 Å². The predicted octanol–water partition coefficient (Wildman–Crippen LogP) is 4.95. The summed E-state index contributed by atoms with van der Waals surface area (Å²) in [5.74, 6) is -0.148. The Balaban J connectivity index is 1.69. The first-order valence-electron chi connectivity index (χ1n) is 8.18. The number of carbonyl (C=O) groups is 1. The Hall–Kier alpha value is -2.94. The van der Waals surface area contributed by atoms with Crippen molar-refractivity contribution in [1.29, 1.82) is 0 Å². The van der Waals surface area contributed by atoms with Crippen LogP contribution >= 0.6 is 0 Å². The smallest absolute Gasteiger partial charge is 0.257 e. The van der Waals surface area contributed by atoms with Crippen LogP contribution in [0.1, 0.15) is 29.3 Å². The average molecular weight is 316 g/mol. The molecular weight excluding hydrogens is 296 g/mol. The largest absolute Gasteiger partial charge is 0.322 e. The summed E-state index contributed by atoms with van der Waals surface area (Å²) in [6, 6.07) is 21.6. The van der Waals surface area contributed by atoms with Gasteiger partial charge in [0, 0.05) is 17.4 Å². The molecule has 0 spiro atoms. The molecule has 1 heterocycles. The van der Waals surface area contributed by atoms with E-state index in [1.54, 1.807) is 12.3 Å². The predicted molar refractivity (Wildman–Crippen MR) is 98.1 cm³/mol. The van der Waals surface area contributed by atoms with Crippen LogP contribution in [0.5, 0.6) is 0 Å². The molecule has 0 saturated carbocycles. The van der Waals surface area contributed by atoms with Gasteiger partial charge in [-0.25, -0.2) is 0 Å². The van der Waals surface area contributed by atoms with E-state index in [1.165, 1.54) is 5.56 Å². The van der Waals surface area contributed by atoms with Gasteiger partial charge in [-0.15, -0.1) is 0 Å². The Kier molecular flexibility index (Phi) is 5.02. The van der Waals surface area contributed by atoms with Crippen LogP contribution in [-0.2, 0) is 6.42 Å². The topological polar surface area (TPSA) is 42.0 Å². The van der Waals surface area contributed by atoms with Crippen LogP contribution < -0.4 is 5.32 Å². The molecule has 0 aliphatic carbocycles. The number of hydrogen-bond donors (Lipinski definition) is 1. The van der Waals surface area contributed by atoms with E-state index in [0.29, 0.717) is 5.56 Å². The highest BCUT2D eigenvalue weighted by Crippen LogP contribution is 2.17. The number of hydrogen-bond acceptors (Lipinski definition) is 2. The number of anilines is 1. The molecule has 1 aromatic heterocycles. The lowest BCUT2D eigenvalue weighted by molar-refractivity contribution is 0.102. The monoisotopic (exact) mass is 316 g/mol. The molecule has 0 aliphatic heterocycles. The normalized spacial score (nSPS) is 10.4. The number of nitrogens with one attached hydrogen (secondary N) is 1. The summed E-state index contributed by atoms with van der Waals surface area (Å²) in [5.41, 5.74) is 4.52. The second kappa shape index (κ2) is 7.55. The molecule has 0 atom stereocenters. The van der Waals surface area contributed by atoms with Gasteiger partial charge in [0.25, 0.3) is 5.91 Å². The molecule has 1 amide bonds. The highest BCUT2D eigenvalue weighted by atomic mass is 16.1. The van der Waals surface area contributed by atoms with Gasteiger partial charge in [-0.05, 0) is 36.2 Å². The zero-order valence-electron chi connectivity index (χ0n) is 13.7. The molecule has 0 fully saturated rings. The van der Waals surface area contributed by atoms with Crippen LogP contribution in [0.2, 0.25) is 0 Å². The van der Waals surface area contributed by atoms with Crippen molar-refractivity contribution in [3.63, 3.8) is 0 Å². The van der Waals surface area contributed by atoms with Crippen LogP contribution in [-0.4, -0.2) is 10.9 Å². The minimum Gasteiger partial charge on any atom is -0.322 e. The van der Waals surface area contributed by atoms with Crippen molar-refractivity contribution in [2.24, 2.45) is 0 Å². The maximum atomic E-state index is 12.3. The Bertz CT molecular complexity index is 794. The molecule has 120 valence electrons. The molecule has 3 aromatic rings. The maximum Gasteiger partial charge on any atom is 0.257 e. The Labute approximate surface area is 142 Å². The number of pyridine rings is 1. The Morgan fingerprint density at radius 1 is 0.958 bits per heavy atom. The molecule has 0 unspecified atom stereocenters. The van der Waals surface area contributed by atoms with E-state index >= 15 is 0 Å². The number of benzene rings is 2. The minimum absolute atomic E-state index is 0.148. The van der Waals surface area contributed by atoms with E-state index < -0.39 is 0 Å². The number of aryl methyl sites for hydroxylation is 1. The summed E-state index contributed by atoms with van der Waals surface area (Å²) in [4.78, 5) is 16.7. The lowest BCUT2D eigenvalue weighted by Crippen LogP contribution is -2.12. The Morgan fingerprint density at radius 3 is 2.33 bits per heavy atom. The molecule has 1 N–H and O–H groups in total. The van der Waals surface area contributed by atoms with Gasteiger partial charge in [-0.3, -0.25) is 9.78 Å². The van der Waals surface area contributed by atoms with Crippen LogP contribution in [0.4, 0.5) is 5.69 Å². The zero-order valence-corrected chi connectivity index (χ0v) is 13.7. The molecule has 0 saturated heterocycles. The molecule has 0 bridgehead atoms. The van der Waals surface area contributed by atoms with Gasteiger partial charge in [0.2, 0.25) is 0 Å². The van der Waals surface area contributed by atoms with E-state index in [-0.39, 0.29) is 5.91 Å². The molecular formula is C21H20N2O. The van der Waals surface area contributed by atoms with Crippen LogP contribution in [0, 0.1) is 0 Å². The lowest BCUT2D eigenvalue weighted by Gasteiger charge is -2.07. The molecule has 0 radical (unpaired) electrons. The highest BCUT2D eigenvalue weighted by molar-refractivity contribution is 6.04. The average Bonchev–Trinajstić information content (AvgIpc) is 2.64. The molecule has 3 heteroatoms. The fraction of sp³-hybridized carbons (Fsp3) is 0.143. The summed E-state index contributed by atoms with van der Waals surface area (Å²) in [7, 11) is 0. The lowest BCUT2D eigenvalue weighted by atomic mass is 10.1. The second-order valence-electron chi connectivity index (χ2n) is 5.70. The molecule has 3 rings (SSSR count). The van der Waals surface area contributed by atoms with Gasteiger partial charge >= 0.3 is 0 Å². The third-order valence-electron chi connectivity index (χ3n) is 3.85. The van der Waals surface area contributed by atoms with Crippen molar-refractivity contribution in [3.05, 3.63) is 84.1 Å². The van der Waals surface area contributed by atoms with E-state index in [4.69, 9.17) is 0 Å². The molecule has 2 aromatic carbocycles. The first-order chi connectivity index (χ1) is 11.8. The van der Waals surface area contributed by atoms with E-state index in [2.05, 4.69) is 29.4 Å². The summed E-state index contributed by atoms with van der Waals surface area (Å²) >= 11 is 0. The van der Waals surface area contributed by atoms with Crippen LogP contribution in [0.15, 0.2) is 72.9 Å². The minimum atomic E-state index is -0.148. The SMILES string of the molecule is CCCc1ccc(NC(=O)c2ccc(-c3ccccc3)nc2)cc1. The molecule has 3 nitrogen and oxygen atoms in total. The fourth-order valence-electron chi connectivity index (χ4n) is 2.55. The summed E-state index contributed by atoms with van der Waals surface area (Å²) in [6.07, 6.45) is 3.79. The van der Waals surface area contributed by atoms with Crippen molar-refractivity contribution in [1.82, 2.24) is 4.98 Å². The van der Waals surface area contributed by atoms with E-state index in [0.717, 1.165) is 29.8 Å². The third-order valence-corrected chi connectivity index (χ3v) is 3.85. The van der Waals surface area contributed by atoms with Gasteiger partial charge in [0.15, 0.2) is 0 Å². The van der Waals surface area contributed by atoms with Crippen molar-refractivity contribution in [2.45, 2.75) is 19.8 Å². The van der Waals surface area contributed by atoms with E-state index in [1.807, 2.05) is 48.5 Å². The first-order valence-corrected chi connectivity index (χ1v) is 8.18. The quantitative estimate of drug-likeness (QED) is 0.723. The number of nitrogens with zero attached hydrogens (tertiary/aromatic N) is 1. The van der Waals surface area contributed by atoms with Crippen molar-refractivity contribution in [3.8, 4) is 11.3 Å². The summed E-state index contributed by atoms with van der Waals surface area (Å²) in [6.45, 7) is 2.15. The fourth-order valence-corrected chi connectivity index (χ4v) is 2.55. The Morgan fingerprint density at radius 2 is 1.71 bits per heavy atom. The van der Waals surface area contributed by atoms with Gasteiger partial charge in [-0.2, -0.15) is 0 Å². The van der Waals surface area contributed by atoms with Gasteiger partial charge in [0.05, 0.1) is 11.3 Å². The van der Waals surface area contributed by atoms with Gasteiger partial charge < -0.3 is 5.32 Å². The molecule has 0 aliphatic rings. The maximum absolute atomic E-state index is 12.3. The number of amides is 1. The summed E-state index contributed by atoms with van der Waals surface area (Å²) < 4.78 is 0. The number of carbonyl (C=O) groups excluding carboxylic acids is 1. The molecule has 24 heavy (non-hydrogen) atoms. The number of rotatable bonds is 5. The third kappa shape index (κ3) is 3.87. The van der Waals surface area contributed by atoms with E-state index in [9.17, 15) is 4.79 Å². The second-order valence-corrected chi connectivity index (χ2v) is 5.70. The zero-order chi connectivity index (χ0) is 16.8. The summed E-state index contributed by atoms with van der Waals surface area (Å²) in [5, 5.41) is 2.91. The standard InChI is InChI=1S/C21H20N2O/c1-2-6-16-9-12-19(13-10-16)23-21(24)18-11-14-20(22-15-18)17-7-4-3-5-8-17/h3-5,7-15H,2,6H2,1H3,(H,23,24). The highest BCUT2D eigenvalue weighted by Gasteiger charge is 2.07. The van der Waals surface area contributed by atoms with Gasteiger partial charge in [0.1, 0.15) is 0 Å². The van der Waals surface area contributed by atoms with Gasteiger partial charge in [-0.1, -0.05) is 55.8 Å². The first kappa shape index (κ1) is 15.9. The van der Waals surface area contributed by atoms with Crippen molar-refractivity contribution in [2.75, 3.05) is 5.32 Å².